The average molecular weight is 292 g/mol. The molecular formula is C18H16N2O2. The lowest BCUT2D eigenvalue weighted by atomic mass is 10.0. The first-order valence-electron chi connectivity index (χ1n) is 7.17. The number of nitrogens with one attached hydrogen (secondary N) is 1. The predicted molar refractivity (Wildman–Crippen MR) is 86.0 cm³/mol. The maximum absolute atomic E-state index is 12.9. The molecule has 4 heteroatoms. The lowest BCUT2D eigenvalue weighted by molar-refractivity contribution is -0.120. The fourth-order valence-electron chi connectivity index (χ4n) is 2.41. The van der Waals surface area contributed by atoms with E-state index in [1.54, 1.807) is 29.3 Å². The second-order valence-corrected chi connectivity index (χ2v) is 4.99. The number of Topliss-reactive ketones (excluding diaryl/α,β-unsaturated/α-hetero) is 1. The number of rotatable bonds is 3. The van der Waals surface area contributed by atoms with Gasteiger partial charge in [0.05, 0.1) is 11.3 Å². The Hall–Kier alpha value is -2.88. The smallest absolute Gasteiger partial charge is 0.266 e. The molecule has 1 N–H and O–H groups in total. The molecule has 1 aliphatic heterocycles. The Kier molecular flexibility index (Phi) is 4.01. The highest BCUT2D eigenvalue weighted by Crippen LogP contribution is 2.24. The van der Waals surface area contributed by atoms with Crippen molar-refractivity contribution in [1.29, 1.82) is 0 Å². The predicted octanol–water partition coefficient (Wildman–Crippen LogP) is 2.48. The summed E-state index contributed by atoms with van der Waals surface area (Å²) in [5.74, 6) is -0.457. The lowest BCUT2D eigenvalue weighted by Crippen LogP contribution is -2.35. The van der Waals surface area contributed by atoms with E-state index in [0.29, 0.717) is 5.70 Å². The quantitative estimate of drug-likeness (QED) is 0.871. The number of dihydropyridines is 1. The zero-order valence-corrected chi connectivity index (χ0v) is 12.0. The molecule has 0 fully saturated rings. The minimum Gasteiger partial charge on any atom is -0.386 e. The summed E-state index contributed by atoms with van der Waals surface area (Å²) in [7, 11) is 0. The summed E-state index contributed by atoms with van der Waals surface area (Å²) in [4.78, 5) is 26.5. The minimum absolute atomic E-state index is 0.151. The van der Waals surface area contributed by atoms with E-state index in [4.69, 9.17) is 0 Å². The summed E-state index contributed by atoms with van der Waals surface area (Å²) in [6.07, 6.45) is 11.0. The van der Waals surface area contributed by atoms with Crippen molar-refractivity contribution in [3.8, 4) is 0 Å². The number of amides is 1. The van der Waals surface area contributed by atoms with Crippen LogP contribution in [0.3, 0.4) is 0 Å². The van der Waals surface area contributed by atoms with Crippen molar-refractivity contribution < 1.29 is 9.59 Å². The molecule has 0 bridgehead atoms. The fraction of sp³-hybridized carbons (Fsp3) is 0.111. The van der Waals surface area contributed by atoms with Crippen molar-refractivity contribution in [2.75, 3.05) is 11.4 Å². The molecule has 2 aliphatic rings. The standard InChI is InChI=1S/C18H16N2O2/c21-17-11-5-4-10-16(17)18(22)20(14-7-2-1-3-8-14)15-9-6-12-19-13-15/h1-10,13,19H,11-12H2. The SMILES string of the molecule is O=C1CC=CC=C1C(=O)N(C1=CNCC=C1)c1ccccc1. The Labute approximate surface area is 129 Å². The molecule has 0 saturated carbocycles. The van der Waals surface area contributed by atoms with E-state index >= 15 is 0 Å². The third-order valence-corrected chi connectivity index (χ3v) is 3.48. The van der Waals surface area contributed by atoms with Crippen molar-refractivity contribution in [3.63, 3.8) is 0 Å². The molecule has 0 radical (unpaired) electrons. The largest absolute Gasteiger partial charge is 0.386 e. The van der Waals surface area contributed by atoms with Gasteiger partial charge in [-0.3, -0.25) is 14.5 Å². The van der Waals surface area contributed by atoms with Crippen LogP contribution in [0.4, 0.5) is 5.69 Å². The maximum Gasteiger partial charge on any atom is 0.266 e. The summed E-state index contributed by atoms with van der Waals surface area (Å²) in [5, 5.41) is 3.09. The number of carbonyl (C=O) groups is 2. The molecular weight excluding hydrogens is 276 g/mol. The normalized spacial score (nSPS) is 16.6. The van der Waals surface area contributed by atoms with Crippen LogP contribution in [0.5, 0.6) is 0 Å². The second-order valence-electron chi connectivity index (χ2n) is 4.99. The van der Waals surface area contributed by atoms with Crippen LogP contribution in [0.25, 0.3) is 0 Å². The van der Waals surface area contributed by atoms with E-state index in [0.717, 1.165) is 12.2 Å². The molecule has 1 aromatic carbocycles. The third kappa shape index (κ3) is 2.76. The third-order valence-electron chi connectivity index (χ3n) is 3.48. The molecule has 1 amide bonds. The summed E-state index contributed by atoms with van der Waals surface area (Å²) >= 11 is 0. The zero-order chi connectivity index (χ0) is 15.4. The monoisotopic (exact) mass is 292 g/mol. The Morgan fingerprint density at radius 3 is 2.64 bits per heavy atom. The molecule has 22 heavy (non-hydrogen) atoms. The topological polar surface area (TPSA) is 49.4 Å². The molecule has 0 spiro atoms. The van der Waals surface area contributed by atoms with Gasteiger partial charge in [-0.15, -0.1) is 0 Å². The van der Waals surface area contributed by atoms with Gasteiger partial charge in [-0.25, -0.2) is 0 Å². The number of benzene rings is 1. The maximum atomic E-state index is 12.9. The van der Waals surface area contributed by atoms with Crippen LogP contribution < -0.4 is 10.2 Å². The number of para-hydroxylation sites is 1. The van der Waals surface area contributed by atoms with Gasteiger partial charge in [-0.2, -0.15) is 0 Å². The highest BCUT2D eigenvalue weighted by molar-refractivity contribution is 6.26. The minimum atomic E-state index is -0.305. The second kappa shape index (κ2) is 6.26. The fourth-order valence-corrected chi connectivity index (χ4v) is 2.41. The number of carbonyl (C=O) groups excluding carboxylic acids is 2. The number of ketones is 1. The molecule has 4 nitrogen and oxygen atoms in total. The van der Waals surface area contributed by atoms with Crippen LogP contribution in [-0.2, 0) is 9.59 Å². The molecule has 1 aromatic rings. The Morgan fingerprint density at radius 2 is 1.95 bits per heavy atom. The molecule has 0 unspecified atom stereocenters. The summed E-state index contributed by atoms with van der Waals surface area (Å²) in [6, 6.07) is 9.33. The summed E-state index contributed by atoms with van der Waals surface area (Å²) in [6.45, 7) is 0.727. The molecule has 0 aromatic heterocycles. The number of anilines is 1. The van der Waals surface area contributed by atoms with Crippen molar-refractivity contribution in [1.82, 2.24) is 5.32 Å². The first-order chi connectivity index (χ1) is 10.8. The van der Waals surface area contributed by atoms with Gasteiger partial charge in [0.15, 0.2) is 5.78 Å². The van der Waals surface area contributed by atoms with Gasteiger partial charge in [0, 0.05) is 24.9 Å². The van der Waals surface area contributed by atoms with Gasteiger partial charge in [0.25, 0.3) is 5.91 Å². The van der Waals surface area contributed by atoms with E-state index in [9.17, 15) is 9.59 Å². The number of hydrogen-bond acceptors (Lipinski definition) is 3. The van der Waals surface area contributed by atoms with Crippen molar-refractivity contribution in [2.24, 2.45) is 0 Å². The van der Waals surface area contributed by atoms with Crippen LogP contribution >= 0.6 is 0 Å². The summed E-state index contributed by atoms with van der Waals surface area (Å²) in [5.41, 5.74) is 1.66. The van der Waals surface area contributed by atoms with E-state index in [-0.39, 0.29) is 23.7 Å². The lowest BCUT2D eigenvalue weighted by Gasteiger charge is -2.26. The van der Waals surface area contributed by atoms with Crippen molar-refractivity contribution >= 4 is 17.4 Å². The Balaban J connectivity index is 2.02. The zero-order valence-electron chi connectivity index (χ0n) is 12.0. The van der Waals surface area contributed by atoms with E-state index in [1.807, 2.05) is 42.5 Å². The van der Waals surface area contributed by atoms with Crippen molar-refractivity contribution in [2.45, 2.75) is 6.42 Å². The Bertz CT molecular complexity index is 712. The van der Waals surface area contributed by atoms with Crippen LogP contribution in [-0.4, -0.2) is 18.2 Å². The van der Waals surface area contributed by atoms with Crippen molar-refractivity contribution in [3.05, 3.63) is 78.2 Å². The van der Waals surface area contributed by atoms with Crippen LogP contribution in [0.15, 0.2) is 78.2 Å². The van der Waals surface area contributed by atoms with Crippen LogP contribution in [0, 0.1) is 0 Å². The highest BCUT2D eigenvalue weighted by Gasteiger charge is 2.27. The highest BCUT2D eigenvalue weighted by atomic mass is 16.2. The molecule has 0 saturated heterocycles. The van der Waals surface area contributed by atoms with Gasteiger partial charge in [-0.1, -0.05) is 36.4 Å². The van der Waals surface area contributed by atoms with E-state index in [1.165, 1.54) is 0 Å². The number of hydrogen-bond donors (Lipinski definition) is 1. The molecule has 1 heterocycles. The first-order valence-corrected chi connectivity index (χ1v) is 7.17. The average Bonchev–Trinajstić information content (AvgIpc) is 2.57. The molecule has 3 rings (SSSR count). The van der Waals surface area contributed by atoms with Gasteiger partial charge >= 0.3 is 0 Å². The number of allylic oxidation sites excluding steroid dienone is 4. The van der Waals surface area contributed by atoms with Gasteiger partial charge in [0.1, 0.15) is 0 Å². The van der Waals surface area contributed by atoms with Crippen LogP contribution in [0.2, 0.25) is 0 Å². The first kappa shape index (κ1) is 14.1. The Morgan fingerprint density at radius 1 is 1.14 bits per heavy atom. The van der Waals surface area contributed by atoms with Gasteiger partial charge < -0.3 is 5.32 Å². The molecule has 0 atom stereocenters. The van der Waals surface area contributed by atoms with Crippen LogP contribution in [0.1, 0.15) is 6.42 Å². The van der Waals surface area contributed by atoms with E-state index in [2.05, 4.69) is 5.32 Å². The molecule has 1 aliphatic carbocycles. The summed E-state index contributed by atoms with van der Waals surface area (Å²) < 4.78 is 0. The van der Waals surface area contributed by atoms with E-state index < -0.39 is 0 Å². The molecule has 110 valence electrons. The van der Waals surface area contributed by atoms with Gasteiger partial charge in [-0.05, 0) is 24.3 Å². The van der Waals surface area contributed by atoms with Gasteiger partial charge in [0.2, 0.25) is 0 Å². The number of nitrogens with zero attached hydrogens (tertiary/aromatic N) is 1.